The molecule has 4 nitrogen and oxygen atoms in total. The molecule has 0 aromatic heterocycles. The number of rotatable bonds is 6. The van der Waals surface area contributed by atoms with E-state index in [1.807, 2.05) is 19.1 Å². The molecular weight excluding hydrogens is 437 g/mol. The zero-order valence-electron chi connectivity index (χ0n) is 17.4. The summed E-state index contributed by atoms with van der Waals surface area (Å²) in [6, 6.07) is 18.9. The maximum Gasteiger partial charge on any atom is 0.418 e. The number of carbonyl (C=O) groups is 2. The third-order valence-corrected chi connectivity index (χ3v) is 5.67. The van der Waals surface area contributed by atoms with Crippen LogP contribution in [0.4, 0.5) is 24.5 Å². The molecule has 2 N–H and O–H groups in total. The number of halogens is 3. The molecule has 0 spiro atoms. The van der Waals surface area contributed by atoms with Gasteiger partial charge in [0.05, 0.1) is 16.5 Å². The van der Waals surface area contributed by atoms with Gasteiger partial charge in [0.1, 0.15) is 0 Å². The quantitative estimate of drug-likeness (QED) is 0.421. The van der Waals surface area contributed by atoms with Crippen LogP contribution >= 0.6 is 11.8 Å². The number of alkyl halides is 3. The Balaban J connectivity index is 1.65. The number of para-hydroxylation sites is 1. The summed E-state index contributed by atoms with van der Waals surface area (Å²) in [6.07, 6.45) is -4.57. The number of carbonyl (C=O) groups excluding carboxylic acids is 2. The maximum absolute atomic E-state index is 13.1. The van der Waals surface area contributed by atoms with Crippen molar-refractivity contribution in [2.75, 3.05) is 10.6 Å². The van der Waals surface area contributed by atoms with Crippen LogP contribution in [0.2, 0.25) is 0 Å². The number of thioether (sulfide) groups is 1. The fourth-order valence-corrected chi connectivity index (χ4v) is 3.81. The molecule has 3 rings (SSSR count). The van der Waals surface area contributed by atoms with Crippen molar-refractivity contribution in [1.29, 1.82) is 0 Å². The summed E-state index contributed by atoms with van der Waals surface area (Å²) in [5.74, 6) is -0.817. The van der Waals surface area contributed by atoms with Gasteiger partial charge in [-0.3, -0.25) is 9.59 Å². The Morgan fingerprint density at radius 1 is 0.906 bits per heavy atom. The van der Waals surface area contributed by atoms with Crippen molar-refractivity contribution in [2.45, 2.75) is 30.2 Å². The highest BCUT2D eigenvalue weighted by atomic mass is 32.2. The Hall–Kier alpha value is -3.26. The van der Waals surface area contributed by atoms with Crippen LogP contribution < -0.4 is 10.6 Å². The van der Waals surface area contributed by atoms with Crippen LogP contribution in [-0.4, -0.2) is 17.1 Å². The Morgan fingerprint density at radius 3 is 2.28 bits per heavy atom. The molecule has 0 saturated heterocycles. The van der Waals surface area contributed by atoms with Gasteiger partial charge in [0, 0.05) is 16.1 Å². The van der Waals surface area contributed by atoms with E-state index < -0.39 is 22.9 Å². The van der Waals surface area contributed by atoms with E-state index >= 15 is 0 Å². The SMILES string of the molecule is Cc1ccc(C(=O)Nc2cccc(SC(C)C(=O)Nc3ccccc3C(F)(F)F)c2)cc1. The highest BCUT2D eigenvalue weighted by Crippen LogP contribution is 2.35. The first-order valence-electron chi connectivity index (χ1n) is 9.75. The second kappa shape index (κ2) is 9.91. The normalized spacial score (nSPS) is 12.2. The van der Waals surface area contributed by atoms with E-state index in [0.29, 0.717) is 16.1 Å². The van der Waals surface area contributed by atoms with Gasteiger partial charge in [0.25, 0.3) is 5.91 Å². The van der Waals surface area contributed by atoms with E-state index in [9.17, 15) is 22.8 Å². The van der Waals surface area contributed by atoms with Gasteiger partial charge in [-0.05, 0) is 56.3 Å². The molecule has 166 valence electrons. The van der Waals surface area contributed by atoms with E-state index in [2.05, 4.69) is 10.6 Å². The van der Waals surface area contributed by atoms with Crippen molar-refractivity contribution >= 4 is 35.0 Å². The van der Waals surface area contributed by atoms with Crippen molar-refractivity contribution in [3.05, 3.63) is 89.5 Å². The number of amides is 2. The molecule has 1 atom stereocenters. The molecule has 32 heavy (non-hydrogen) atoms. The van der Waals surface area contributed by atoms with Gasteiger partial charge in [-0.2, -0.15) is 13.2 Å². The molecule has 3 aromatic carbocycles. The van der Waals surface area contributed by atoms with Crippen molar-refractivity contribution in [1.82, 2.24) is 0 Å². The molecule has 0 fully saturated rings. The second-order valence-electron chi connectivity index (χ2n) is 7.14. The Kier molecular flexibility index (Phi) is 7.25. The molecule has 0 aliphatic rings. The average molecular weight is 459 g/mol. The fraction of sp³-hybridized carbons (Fsp3) is 0.167. The van der Waals surface area contributed by atoms with E-state index in [0.717, 1.165) is 11.6 Å². The molecule has 0 heterocycles. The summed E-state index contributed by atoms with van der Waals surface area (Å²) in [6.45, 7) is 3.54. The first-order chi connectivity index (χ1) is 15.1. The van der Waals surface area contributed by atoms with Crippen LogP contribution in [0, 0.1) is 6.92 Å². The number of benzene rings is 3. The number of anilines is 2. The third-order valence-electron chi connectivity index (χ3n) is 4.58. The zero-order valence-corrected chi connectivity index (χ0v) is 18.2. The lowest BCUT2D eigenvalue weighted by Gasteiger charge is -2.16. The van der Waals surface area contributed by atoms with Gasteiger partial charge in [-0.1, -0.05) is 35.9 Å². The largest absolute Gasteiger partial charge is 0.418 e. The molecule has 0 radical (unpaired) electrons. The van der Waals surface area contributed by atoms with E-state index in [-0.39, 0.29) is 11.6 Å². The predicted molar refractivity (Wildman–Crippen MR) is 121 cm³/mol. The first-order valence-corrected chi connectivity index (χ1v) is 10.6. The van der Waals surface area contributed by atoms with Gasteiger partial charge < -0.3 is 10.6 Å². The summed E-state index contributed by atoms with van der Waals surface area (Å²) in [7, 11) is 0. The van der Waals surface area contributed by atoms with Crippen LogP contribution in [0.25, 0.3) is 0 Å². The standard InChI is InChI=1S/C24H21F3N2O2S/c1-15-10-12-17(13-11-15)23(31)28-18-6-5-7-19(14-18)32-16(2)22(30)29-21-9-4-3-8-20(21)24(25,26)27/h3-14,16H,1-2H3,(H,28,31)(H,29,30). The summed E-state index contributed by atoms with van der Waals surface area (Å²) >= 11 is 1.18. The topological polar surface area (TPSA) is 58.2 Å². The fourth-order valence-electron chi connectivity index (χ4n) is 2.89. The van der Waals surface area contributed by atoms with Crippen LogP contribution in [-0.2, 0) is 11.0 Å². The molecular formula is C24H21F3N2O2S. The summed E-state index contributed by atoms with van der Waals surface area (Å²) in [5, 5.41) is 4.50. The molecule has 0 bridgehead atoms. The van der Waals surface area contributed by atoms with Crippen molar-refractivity contribution in [3.8, 4) is 0 Å². The highest BCUT2D eigenvalue weighted by Gasteiger charge is 2.33. The van der Waals surface area contributed by atoms with Crippen LogP contribution in [0.3, 0.4) is 0 Å². The van der Waals surface area contributed by atoms with E-state index in [4.69, 9.17) is 0 Å². The van der Waals surface area contributed by atoms with Gasteiger partial charge in [0.2, 0.25) is 5.91 Å². The molecule has 1 unspecified atom stereocenters. The van der Waals surface area contributed by atoms with E-state index in [1.54, 1.807) is 43.3 Å². The van der Waals surface area contributed by atoms with Gasteiger partial charge in [-0.15, -0.1) is 11.8 Å². The second-order valence-corrected chi connectivity index (χ2v) is 8.55. The molecule has 2 amide bonds. The minimum Gasteiger partial charge on any atom is -0.325 e. The smallest absolute Gasteiger partial charge is 0.325 e. The Labute approximate surface area is 188 Å². The molecule has 3 aromatic rings. The summed E-state index contributed by atoms with van der Waals surface area (Å²) < 4.78 is 39.4. The number of aryl methyl sites for hydroxylation is 1. The Bertz CT molecular complexity index is 1110. The maximum atomic E-state index is 13.1. The van der Waals surface area contributed by atoms with Gasteiger partial charge in [-0.25, -0.2) is 0 Å². The molecule has 0 aliphatic heterocycles. The predicted octanol–water partition coefficient (Wildman–Crippen LogP) is 6.39. The number of nitrogens with one attached hydrogen (secondary N) is 2. The highest BCUT2D eigenvalue weighted by molar-refractivity contribution is 8.00. The van der Waals surface area contributed by atoms with E-state index in [1.165, 1.54) is 30.0 Å². The lowest BCUT2D eigenvalue weighted by molar-refractivity contribution is -0.137. The molecule has 0 aliphatic carbocycles. The van der Waals surface area contributed by atoms with Crippen LogP contribution in [0.1, 0.15) is 28.4 Å². The van der Waals surface area contributed by atoms with Crippen LogP contribution in [0.15, 0.2) is 77.7 Å². The minimum absolute atomic E-state index is 0.262. The van der Waals surface area contributed by atoms with Crippen molar-refractivity contribution in [3.63, 3.8) is 0 Å². The summed E-state index contributed by atoms with van der Waals surface area (Å²) in [5.41, 5.74) is 0.938. The van der Waals surface area contributed by atoms with Crippen LogP contribution in [0.5, 0.6) is 0 Å². The lowest BCUT2D eigenvalue weighted by atomic mass is 10.1. The number of hydrogen-bond donors (Lipinski definition) is 2. The van der Waals surface area contributed by atoms with Gasteiger partial charge in [0.15, 0.2) is 0 Å². The zero-order chi connectivity index (χ0) is 23.3. The van der Waals surface area contributed by atoms with Gasteiger partial charge >= 0.3 is 6.18 Å². The third kappa shape index (κ3) is 6.13. The monoisotopic (exact) mass is 458 g/mol. The lowest BCUT2D eigenvalue weighted by Crippen LogP contribution is -2.24. The molecule has 0 saturated carbocycles. The number of hydrogen-bond acceptors (Lipinski definition) is 3. The molecule has 8 heteroatoms. The average Bonchev–Trinajstić information content (AvgIpc) is 2.74. The first kappa shape index (κ1) is 23.4. The summed E-state index contributed by atoms with van der Waals surface area (Å²) in [4.78, 5) is 25.6. The van der Waals surface area contributed by atoms with Crippen molar-refractivity contribution in [2.24, 2.45) is 0 Å². The minimum atomic E-state index is -4.57. The van der Waals surface area contributed by atoms with Crippen molar-refractivity contribution < 1.29 is 22.8 Å². The Morgan fingerprint density at radius 2 is 1.59 bits per heavy atom.